The highest BCUT2D eigenvalue weighted by Crippen LogP contribution is 2.15. The van der Waals surface area contributed by atoms with E-state index in [0.717, 1.165) is 19.9 Å². The summed E-state index contributed by atoms with van der Waals surface area (Å²) in [5.74, 6) is -0.238. The molecule has 0 saturated carbocycles. The number of alkyl halides is 3. The second kappa shape index (κ2) is 8.60. The Morgan fingerprint density at radius 1 is 1.32 bits per heavy atom. The molecule has 0 aromatic heterocycles. The van der Waals surface area contributed by atoms with Gasteiger partial charge >= 0.3 is 6.18 Å². The van der Waals surface area contributed by atoms with Crippen LogP contribution in [-0.4, -0.2) is 56.7 Å². The van der Waals surface area contributed by atoms with Gasteiger partial charge in [-0.05, 0) is 6.42 Å². The van der Waals surface area contributed by atoms with Gasteiger partial charge < -0.3 is 15.5 Å². The maximum absolute atomic E-state index is 12.1. The minimum absolute atomic E-state index is 0.224. The largest absolute Gasteiger partial charge is 0.406 e. The number of hydrogen-bond acceptors (Lipinski definition) is 2. The first-order valence-electron chi connectivity index (χ1n) is 6.05. The van der Waals surface area contributed by atoms with Crippen molar-refractivity contribution in [2.24, 2.45) is 4.99 Å². The number of carbonyl (C=O) groups is 1. The summed E-state index contributed by atoms with van der Waals surface area (Å²) in [5, 5.41) is 5.63. The smallest absolute Gasteiger partial charge is 0.356 e. The van der Waals surface area contributed by atoms with Crippen LogP contribution in [0.3, 0.4) is 0 Å². The molecule has 2 N–H and O–H groups in total. The number of nitrogens with one attached hydrogen (secondary N) is 2. The van der Waals surface area contributed by atoms with Crippen molar-refractivity contribution in [3.05, 3.63) is 0 Å². The number of amides is 1. The van der Waals surface area contributed by atoms with E-state index in [4.69, 9.17) is 0 Å². The monoisotopic (exact) mass is 282 g/mol. The number of guanidine groups is 1. The Balaban J connectivity index is 4.05. The number of rotatable bonds is 6. The van der Waals surface area contributed by atoms with Gasteiger partial charge in [-0.15, -0.1) is 0 Å². The molecule has 19 heavy (non-hydrogen) atoms. The van der Waals surface area contributed by atoms with Crippen molar-refractivity contribution >= 4 is 11.9 Å². The second-order valence-electron chi connectivity index (χ2n) is 4.07. The molecule has 5 nitrogen and oxygen atoms in total. The molecule has 0 bridgehead atoms. The third-order valence-electron chi connectivity index (χ3n) is 2.30. The Morgan fingerprint density at radius 3 is 2.42 bits per heavy atom. The van der Waals surface area contributed by atoms with Gasteiger partial charge in [-0.2, -0.15) is 13.2 Å². The van der Waals surface area contributed by atoms with E-state index >= 15 is 0 Å². The molecule has 0 saturated heterocycles. The lowest BCUT2D eigenvalue weighted by Gasteiger charge is -2.19. The van der Waals surface area contributed by atoms with Gasteiger partial charge in [0.15, 0.2) is 5.96 Å². The number of unbranched alkanes of at least 4 members (excludes halogenated alkanes) is 1. The van der Waals surface area contributed by atoms with Crippen molar-refractivity contribution in [1.29, 1.82) is 0 Å². The first-order valence-corrected chi connectivity index (χ1v) is 6.05. The van der Waals surface area contributed by atoms with E-state index in [-0.39, 0.29) is 6.54 Å². The average Bonchev–Trinajstić information content (AvgIpc) is 2.31. The lowest BCUT2D eigenvalue weighted by molar-refractivity contribution is -0.157. The molecule has 0 aliphatic rings. The molecule has 0 aromatic carbocycles. The van der Waals surface area contributed by atoms with E-state index in [1.165, 1.54) is 7.05 Å². The van der Waals surface area contributed by atoms with Crippen LogP contribution in [0.2, 0.25) is 0 Å². The predicted octanol–water partition coefficient (Wildman–Crippen LogP) is 0.972. The maximum Gasteiger partial charge on any atom is 0.406 e. The molecule has 0 rings (SSSR count). The highest BCUT2D eigenvalue weighted by atomic mass is 19.4. The maximum atomic E-state index is 12.1. The second-order valence-corrected chi connectivity index (χ2v) is 4.07. The Bertz CT molecular complexity index is 305. The summed E-state index contributed by atoms with van der Waals surface area (Å²) in [5.41, 5.74) is 0. The zero-order valence-corrected chi connectivity index (χ0v) is 11.5. The van der Waals surface area contributed by atoms with Gasteiger partial charge in [0.1, 0.15) is 6.54 Å². The Morgan fingerprint density at radius 2 is 1.95 bits per heavy atom. The van der Waals surface area contributed by atoms with Gasteiger partial charge in [-0.1, -0.05) is 13.3 Å². The first-order chi connectivity index (χ1) is 8.80. The van der Waals surface area contributed by atoms with Crippen molar-refractivity contribution in [3.8, 4) is 0 Å². The quantitative estimate of drug-likeness (QED) is 0.434. The van der Waals surface area contributed by atoms with Gasteiger partial charge in [-0.3, -0.25) is 9.79 Å². The number of nitrogens with zero attached hydrogens (tertiary/aromatic N) is 2. The summed E-state index contributed by atoms with van der Waals surface area (Å²) in [6.07, 6.45) is -2.43. The van der Waals surface area contributed by atoms with Crippen LogP contribution < -0.4 is 10.6 Å². The molecule has 0 fully saturated rings. The summed E-state index contributed by atoms with van der Waals surface area (Å²) in [4.78, 5) is 16.0. The van der Waals surface area contributed by atoms with Crippen LogP contribution in [0.25, 0.3) is 0 Å². The summed E-state index contributed by atoms with van der Waals surface area (Å²) < 4.78 is 36.3. The molecular weight excluding hydrogens is 261 g/mol. The van der Waals surface area contributed by atoms with Crippen molar-refractivity contribution in [3.63, 3.8) is 0 Å². The van der Waals surface area contributed by atoms with Gasteiger partial charge in [0, 0.05) is 20.6 Å². The van der Waals surface area contributed by atoms with Gasteiger partial charge in [0.25, 0.3) is 0 Å². The highest BCUT2D eigenvalue weighted by Gasteiger charge is 2.31. The van der Waals surface area contributed by atoms with E-state index in [2.05, 4.69) is 15.6 Å². The molecule has 0 aromatic rings. The van der Waals surface area contributed by atoms with Crippen molar-refractivity contribution in [1.82, 2.24) is 15.5 Å². The summed E-state index contributed by atoms with van der Waals surface area (Å²) in [6.45, 7) is 1.25. The van der Waals surface area contributed by atoms with Crippen LogP contribution in [0.4, 0.5) is 13.2 Å². The third kappa shape index (κ3) is 9.15. The third-order valence-corrected chi connectivity index (χ3v) is 2.30. The molecule has 0 atom stereocenters. The number of halogens is 3. The van der Waals surface area contributed by atoms with E-state index in [1.807, 2.05) is 6.92 Å². The lowest BCUT2D eigenvalue weighted by atomic mass is 10.3. The molecule has 112 valence electrons. The molecule has 0 spiro atoms. The molecule has 0 aliphatic carbocycles. The fourth-order valence-electron chi connectivity index (χ4n) is 1.26. The fourth-order valence-corrected chi connectivity index (χ4v) is 1.26. The SMILES string of the molecule is CCCCNC(=NC)NCC(=O)N(C)CC(F)(F)F. The molecule has 1 amide bonds. The molecule has 0 heterocycles. The molecule has 8 heteroatoms. The number of carbonyl (C=O) groups excluding carboxylic acids is 1. The summed E-state index contributed by atoms with van der Waals surface area (Å²) in [7, 11) is 2.65. The van der Waals surface area contributed by atoms with E-state index in [1.54, 1.807) is 0 Å². The summed E-state index contributed by atoms with van der Waals surface area (Å²) >= 11 is 0. The Labute approximate surface area is 111 Å². The zero-order chi connectivity index (χ0) is 14.9. The van der Waals surface area contributed by atoms with Crippen molar-refractivity contribution in [2.45, 2.75) is 25.9 Å². The lowest BCUT2D eigenvalue weighted by Crippen LogP contribution is -2.45. The topological polar surface area (TPSA) is 56.7 Å². The zero-order valence-electron chi connectivity index (χ0n) is 11.5. The highest BCUT2D eigenvalue weighted by molar-refractivity contribution is 5.86. The molecule has 0 radical (unpaired) electrons. The minimum Gasteiger partial charge on any atom is -0.356 e. The van der Waals surface area contributed by atoms with Gasteiger partial charge in [-0.25, -0.2) is 0 Å². The number of likely N-dealkylation sites (N-methyl/N-ethyl adjacent to an activating group) is 1. The molecule has 0 aliphatic heterocycles. The van der Waals surface area contributed by atoms with Crippen LogP contribution in [0, 0.1) is 0 Å². The van der Waals surface area contributed by atoms with Crippen molar-refractivity contribution in [2.75, 3.05) is 33.7 Å². The van der Waals surface area contributed by atoms with Gasteiger partial charge in [0.05, 0.1) is 6.54 Å². The Kier molecular flexibility index (Phi) is 7.94. The number of aliphatic imine (C=N–C) groups is 1. The van der Waals surface area contributed by atoms with Crippen LogP contribution in [-0.2, 0) is 4.79 Å². The Hall–Kier alpha value is -1.47. The minimum atomic E-state index is -4.38. The summed E-state index contributed by atoms with van der Waals surface area (Å²) in [6, 6.07) is 0. The van der Waals surface area contributed by atoms with E-state index in [9.17, 15) is 18.0 Å². The van der Waals surface area contributed by atoms with Crippen molar-refractivity contribution < 1.29 is 18.0 Å². The average molecular weight is 282 g/mol. The van der Waals surface area contributed by atoms with Crippen LogP contribution >= 0.6 is 0 Å². The van der Waals surface area contributed by atoms with Crippen LogP contribution in [0.15, 0.2) is 4.99 Å². The fraction of sp³-hybridized carbons (Fsp3) is 0.818. The standard InChI is InChI=1S/C11H21F3N4O/c1-4-5-6-16-10(15-2)17-7-9(19)18(3)8-11(12,13)14/h4-8H2,1-3H3,(H2,15,16,17). The van der Waals surface area contributed by atoms with E-state index < -0.39 is 18.6 Å². The number of hydrogen-bond donors (Lipinski definition) is 2. The van der Waals surface area contributed by atoms with Crippen LogP contribution in [0.5, 0.6) is 0 Å². The molecule has 0 unspecified atom stereocenters. The van der Waals surface area contributed by atoms with Crippen LogP contribution in [0.1, 0.15) is 19.8 Å². The first kappa shape index (κ1) is 17.5. The van der Waals surface area contributed by atoms with E-state index in [0.29, 0.717) is 17.4 Å². The normalized spacial score (nSPS) is 12.2. The molecular formula is C11H21F3N4O. The predicted molar refractivity (Wildman–Crippen MR) is 68.0 cm³/mol. The van der Waals surface area contributed by atoms with Gasteiger partial charge in [0.2, 0.25) is 5.91 Å².